The van der Waals surface area contributed by atoms with Gasteiger partial charge in [0.25, 0.3) is 0 Å². The molecule has 1 aliphatic rings. The topological polar surface area (TPSA) is 23.8 Å². The summed E-state index contributed by atoms with van der Waals surface area (Å²) in [7, 11) is 9.75. The Morgan fingerprint density at radius 2 is 1.50 bits per heavy atom. The summed E-state index contributed by atoms with van der Waals surface area (Å²) in [5, 5.41) is 0. The monoisotopic (exact) mass is 363 g/mol. The molecule has 0 aromatic rings. The van der Waals surface area contributed by atoms with Gasteiger partial charge in [0.1, 0.15) is 0 Å². The molecule has 1 N–H and O–H groups in total. The number of halogens is 2. The molecule has 1 fully saturated rings. The van der Waals surface area contributed by atoms with E-state index in [-0.39, 0.29) is 6.04 Å². The maximum Gasteiger partial charge on any atom is -0.0534 e. The molecule has 1 nitrogen and oxygen atoms in total. The Balaban J connectivity index is 0.000000236. The van der Waals surface area contributed by atoms with E-state index in [9.17, 15) is 0 Å². The number of hydrogen-bond acceptors (Lipinski definition) is 0. The van der Waals surface area contributed by atoms with Crippen molar-refractivity contribution in [3.05, 3.63) is 5.73 Å². The van der Waals surface area contributed by atoms with E-state index >= 15 is 0 Å². The average molecular weight is 364 g/mol. The molecule has 1 aliphatic carbocycles. The van der Waals surface area contributed by atoms with Gasteiger partial charge in [-0.05, 0) is 0 Å². The van der Waals surface area contributed by atoms with Crippen LogP contribution in [0.5, 0.6) is 0 Å². The van der Waals surface area contributed by atoms with E-state index in [1.165, 1.54) is 19.3 Å². The molecule has 0 aromatic carbocycles. The Hall–Kier alpha value is 1.23. The van der Waals surface area contributed by atoms with E-state index in [0.29, 0.717) is 0 Å². The summed E-state index contributed by atoms with van der Waals surface area (Å²) < 4.78 is 0. The van der Waals surface area contributed by atoms with E-state index in [2.05, 4.69) is 0 Å². The van der Waals surface area contributed by atoms with Crippen molar-refractivity contribution in [2.45, 2.75) is 38.1 Å². The minimum absolute atomic E-state index is 0.286. The summed E-state index contributed by atoms with van der Waals surface area (Å²) in [4.78, 5) is 0. The van der Waals surface area contributed by atoms with Crippen LogP contribution in [0.25, 0.3) is 5.73 Å². The van der Waals surface area contributed by atoms with Crippen LogP contribution in [0.3, 0.4) is 0 Å². The molecule has 0 amide bonds. The predicted molar refractivity (Wildman–Crippen MR) is 42.9 cm³/mol. The fourth-order valence-electron chi connectivity index (χ4n) is 1.10. The fourth-order valence-corrected chi connectivity index (χ4v) is 1.10. The molecule has 0 spiro atoms. The largest absolute Gasteiger partial charge is 0.675 e. The number of nitrogens with one attached hydrogen (secondary N) is 1. The van der Waals surface area contributed by atoms with Crippen LogP contribution in [0, 0.1) is 0 Å². The quantitative estimate of drug-likeness (QED) is 0.625. The van der Waals surface area contributed by atoms with Gasteiger partial charge in [-0.25, -0.2) is 0 Å². The third kappa shape index (κ3) is 7.34. The van der Waals surface area contributed by atoms with E-state index in [4.69, 9.17) is 24.6 Å². The SMILES string of the molecule is [Cl][Pt][Cl].[NH-]C1CCCCC1. The van der Waals surface area contributed by atoms with Gasteiger partial charge in [-0.2, -0.15) is 0 Å². The first-order valence-corrected chi connectivity index (χ1v) is 8.98. The molecule has 1 rings (SSSR count). The summed E-state index contributed by atoms with van der Waals surface area (Å²) >= 11 is -0.472. The summed E-state index contributed by atoms with van der Waals surface area (Å²) in [6, 6.07) is 0.286. The first-order valence-electron chi connectivity index (χ1n) is 3.34. The maximum atomic E-state index is 7.27. The Morgan fingerprint density at radius 3 is 1.70 bits per heavy atom. The van der Waals surface area contributed by atoms with Crippen LogP contribution in [-0.4, -0.2) is 6.04 Å². The number of rotatable bonds is 0. The molecule has 10 heavy (non-hydrogen) atoms. The summed E-state index contributed by atoms with van der Waals surface area (Å²) in [5.74, 6) is 0. The third-order valence-corrected chi connectivity index (χ3v) is 1.61. The molecular formula is C6H12Cl2NPt-. The van der Waals surface area contributed by atoms with Crippen molar-refractivity contribution in [2.24, 2.45) is 0 Å². The van der Waals surface area contributed by atoms with Crippen LogP contribution in [0.1, 0.15) is 32.1 Å². The van der Waals surface area contributed by atoms with Gasteiger partial charge in [0.15, 0.2) is 0 Å². The minimum atomic E-state index is -0.472. The first-order chi connectivity index (χ1) is 4.81. The standard InChI is InChI=1S/C6H12N.2ClH.Pt/c7-6-4-2-1-3-5-6;;;/h6-7H,1-5H2;2*1H;/q-1;;;+2/p-2. The summed E-state index contributed by atoms with van der Waals surface area (Å²) in [5.41, 5.74) is 7.27. The van der Waals surface area contributed by atoms with Gasteiger partial charge in [-0.15, -0.1) is 6.04 Å². The van der Waals surface area contributed by atoms with Crippen LogP contribution in [0.2, 0.25) is 0 Å². The van der Waals surface area contributed by atoms with Gasteiger partial charge in [0.2, 0.25) is 0 Å². The Labute approximate surface area is 79.0 Å². The molecule has 0 aromatic heterocycles. The van der Waals surface area contributed by atoms with Crippen LogP contribution in [0.4, 0.5) is 0 Å². The zero-order chi connectivity index (χ0) is 7.82. The van der Waals surface area contributed by atoms with E-state index in [1.54, 1.807) is 0 Å². The molecule has 0 heterocycles. The molecule has 0 radical (unpaired) electrons. The van der Waals surface area contributed by atoms with Gasteiger partial charge < -0.3 is 5.73 Å². The minimum Gasteiger partial charge on any atom is -0.675 e. The molecule has 0 saturated heterocycles. The maximum absolute atomic E-state index is 7.27. The second kappa shape index (κ2) is 8.33. The van der Waals surface area contributed by atoms with E-state index in [1.807, 2.05) is 0 Å². The molecule has 0 aliphatic heterocycles. The van der Waals surface area contributed by atoms with Crippen molar-refractivity contribution in [1.82, 2.24) is 0 Å². The first kappa shape index (κ1) is 11.2. The second-order valence-electron chi connectivity index (χ2n) is 2.38. The van der Waals surface area contributed by atoms with Crippen LogP contribution in [0.15, 0.2) is 0 Å². The van der Waals surface area contributed by atoms with Gasteiger partial charge in [0, 0.05) is 0 Å². The van der Waals surface area contributed by atoms with Crippen molar-refractivity contribution in [3.63, 3.8) is 0 Å². The Bertz CT molecular complexity index is 66.8. The molecule has 0 unspecified atom stereocenters. The Kier molecular flexibility index (Phi) is 9.35. The molecule has 66 valence electrons. The third-order valence-electron chi connectivity index (χ3n) is 1.61. The fraction of sp³-hybridized carbons (Fsp3) is 1.00. The van der Waals surface area contributed by atoms with E-state index < -0.39 is 16.5 Å². The molecular weight excluding hydrogens is 352 g/mol. The van der Waals surface area contributed by atoms with Crippen molar-refractivity contribution in [1.29, 1.82) is 0 Å². The van der Waals surface area contributed by atoms with Gasteiger partial charge in [-0.3, -0.25) is 0 Å². The molecule has 0 bridgehead atoms. The second-order valence-corrected chi connectivity index (χ2v) is 5.66. The van der Waals surface area contributed by atoms with Crippen LogP contribution < -0.4 is 0 Å². The van der Waals surface area contributed by atoms with Crippen molar-refractivity contribution >= 4 is 18.8 Å². The predicted octanol–water partition coefficient (Wildman–Crippen LogP) is 3.75. The van der Waals surface area contributed by atoms with Crippen molar-refractivity contribution in [2.75, 3.05) is 0 Å². The normalized spacial score (nSPS) is 19.9. The average Bonchev–Trinajstić information content (AvgIpc) is 1.91. The van der Waals surface area contributed by atoms with E-state index in [0.717, 1.165) is 12.8 Å². The molecule has 1 saturated carbocycles. The van der Waals surface area contributed by atoms with Crippen molar-refractivity contribution < 1.29 is 16.5 Å². The van der Waals surface area contributed by atoms with Gasteiger partial charge in [0.05, 0.1) is 0 Å². The molecule has 0 atom stereocenters. The van der Waals surface area contributed by atoms with Crippen LogP contribution >= 0.6 is 18.8 Å². The zero-order valence-corrected chi connectivity index (χ0v) is 9.47. The molecule has 4 heteroatoms. The van der Waals surface area contributed by atoms with Crippen molar-refractivity contribution in [3.8, 4) is 0 Å². The summed E-state index contributed by atoms with van der Waals surface area (Å²) in [6.07, 6.45) is 6.28. The van der Waals surface area contributed by atoms with Gasteiger partial charge in [-0.1, -0.05) is 32.1 Å². The van der Waals surface area contributed by atoms with Crippen LogP contribution in [-0.2, 0) is 16.5 Å². The van der Waals surface area contributed by atoms with Gasteiger partial charge >= 0.3 is 35.3 Å². The Morgan fingerprint density at radius 1 is 1.10 bits per heavy atom. The zero-order valence-electron chi connectivity index (χ0n) is 5.69. The summed E-state index contributed by atoms with van der Waals surface area (Å²) in [6.45, 7) is 0. The smallest absolute Gasteiger partial charge is 0.0534 e. The number of hydrogen-bond donors (Lipinski definition) is 0.